The van der Waals surface area contributed by atoms with Crippen LogP contribution in [0.4, 0.5) is 10.5 Å². The molecule has 3 rings (SSSR count). The van der Waals surface area contributed by atoms with Crippen molar-refractivity contribution in [3.8, 4) is 0 Å². The molecule has 2 aromatic rings. The highest BCUT2D eigenvalue weighted by Crippen LogP contribution is 2.28. The third-order valence-electron chi connectivity index (χ3n) is 6.32. The van der Waals surface area contributed by atoms with Crippen LogP contribution in [0, 0.1) is 11.3 Å². The van der Waals surface area contributed by atoms with Gasteiger partial charge in [-0.1, -0.05) is 64.7 Å². The Morgan fingerprint density at radius 3 is 2.53 bits per heavy atom. The summed E-state index contributed by atoms with van der Waals surface area (Å²) in [7, 11) is 0. The topological polar surface area (TPSA) is 124 Å². The zero-order valence-electron chi connectivity index (χ0n) is 20.1. The first-order chi connectivity index (χ1) is 16.2. The van der Waals surface area contributed by atoms with Gasteiger partial charge >= 0.3 is 6.03 Å². The highest BCUT2D eigenvalue weighted by Gasteiger charge is 2.36. The molecule has 4 N–H and O–H groups in total. The second-order valence-electron chi connectivity index (χ2n) is 10.0. The number of benzene rings is 1. The summed E-state index contributed by atoms with van der Waals surface area (Å²) in [4.78, 5) is 44.2. The van der Waals surface area contributed by atoms with E-state index in [1.54, 1.807) is 17.7 Å². The SMILES string of the molecule is CC(C)(C)[C@H](NC(=O)Nc1cccc2cccnc12)C(=O)N(CCC1CCCC1)CC(=O)NO. The minimum atomic E-state index is -0.884. The van der Waals surface area contributed by atoms with Crippen molar-refractivity contribution in [2.45, 2.75) is 58.9 Å². The molecule has 184 valence electrons. The summed E-state index contributed by atoms with van der Waals surface area (Å²) in [6.45, 7) is 5.69. The van der Waals surface area contributed by atoms with E-state index in [9.17, 15) is 14.4 Å². The summed E-state index contributed by atoms with van der Waals surface area (Å²) >= 11 is 0. The zero-order valence-corrected chi connectivity index (χ0v) is 20.1. The third-order valence-corrected chi connectivity index (χ3v) is 6.32. The fourth-order valence-electron chi connectivity index (χ4n) is 4.44. The number of carbonyl (C=O) groups excluding carboxylic acids is 3. The van der Waals surface area contributed by atoms with Gasteiger partial charge in [0.25, 0.3) is 5.91 Å². The van der Waals surface area contributed by atoms with Gasteiger partial charge in [0.2, 0.25) is 5.91 Å². The van der Waals surface area contributed by atoms with E-state index in [1.165, 1.54) is 17.7 Å². The van der Waals surface area contributed by atoms with Gasteiger partial charge in [-0.3, -0.25) is 19.8 Å². The number of hydroxylamine groups is 1. The predicted octanol–water partition coefficient (Wildman–Crippen LogP) is 3.69. The van der Waals surface area contributed by atoms with Crippen molar-refractivity contribution in [2.75, 3.05) is 18.4 Å². The molecular weight excluding hydrogens is 434 g/mol. The molecule has 1 fully saturated rings. The minimum Gasteiger partial charge on any atom is -0.331 e. The Morgan fingerprint density at radius 2 is 1.85 bits per heavy atom. The number of rotatable bonds is 8. The van der Waals surface area contributed by atoms with E-state index in [2.05, 4.69) is 15.6 Å². The van der Waals surface area contributed by atoms with E-state index < -0.39 is 23.4 Å². The molecule has 1 heterocycles. The van der Waals surface area contributed by atoms with Gasteiger partial charge in [0.15, 0.2) is 0 Å². The Labute approximate surface area is 200 Å². The standard InChI is InChI=1S/C25H35N5O4/c1-25(2,3)22(23(32)30(16-20(31)29-34)15-13-17-8-4-5-9-17)28-24(33)27-19-12-6-10-18-11-7-14-26-21(18)19/h6-7,10-12,14,17,22,34H,4-5,8-9,13,15-16H2,1-3H3,(H,29,31)(H2,27,28,33)/t22-/m1/s1. The van der Waals surface area contributed by atoms with Gasteiger partial charge in [-0.2, -0.15) is 0 Å². The number of hydrogen-bond donors (Lipinski definition) is 4. The van der Waals surface area contributed by atoms with Crippen molar-refractivity contribution in [2.24, 2.45) is 11.3 Å². The number of hydrogen-bond acceptors (Lipinski definition) is 5. The van der Waals surface area contributed by atoms with Crippen molar-refractivity contribution in [3.63, 3.8) is 0 Å². The van der Waals surface area contributed by atoms with Crippen molar-refractivity contribution in [1.82, 2.24) is 20.7 Å². The van der Waals surface area contributed by atoms with E-state index in [-0.39, 0.29) is 12.5 Å². The van der Waals surface area contributed by atoms with E-state index in [1.807, 2.05) is 45.0 Å². The molecule has 9 heteroatoms. The van der Waals surface area contributed by atoms with Crippen molar-refractivity contribution >= 4 is 34.4 Å². The molecule has 1 saturated carbocycles. The third kappa shape index (κ3) is 6.66. The van der Waals surface area contributed by atoms with E-state index in [0.717, 1.165) is 24.6 Å². The molecule has 1 aliphatic rings. The maximum absolute atomic E-state index is 13.6. The van der Waals surface area contributed by atoms with Crippen LogP contribution in [-0.2, 0) is 9.59 Å². The number of urea groups is 1. The summed E-state index contributed by atoms with van der Waals surface area (Å²) in [6, 6.07) is 7.79. The van der Waals surface area contributed by atoms with Crippen LogP contribution in [0.2, 0.25) is 0 Å². The first kappa shape index (κ1) is 25.4. The van der Waals surface area contributed by atoms with Gasteiger partial charge in [0, 0.05) is 18.1 Å². The number of pyridine rings is 1. The zero-order chi connectivity index (χ0) is 24.7. The molecule has 1 aliphatic carbocycles. The summed E-state index contributed by atoms with van der Waals surface area (Å²) < 4.78 is 0. The second kappa shape index (κ2) is 11.3. The molecule has 0 saturated heterocycles. The molecule has 9 nitrogen and oxygen atoms in total. The lowest BCUT2D eigenvalue weighted by Crippen LogP contribution is -2.57. The Morgan fingerprint density at radius 1 is 1.15 bits per heavy atom. The van der Waals surface area contributed by atoms with Crippen LogP contribution in [0.15, 0.2) is 36.5 Å². The largest absolute Gasteiger partial charge is 0.331 e. The van der Waals surface area contributed by atoms with Crippen LogP contribution < -0.4 is 16.1 Å². The van der Waals surface area contributed by atoms with E-state index in [4.69, 9.17) is 5.21 Å². The average molecular weight is 470 g/mol. The van der Waals surface area contributed by atoms with E-state index in [0.29, 0.717) is 23.7 Å². The number of nitrogens with one attached hydrogen (secondary N) is 3. The van der Waals surface area contributed by atoms with Gasteiger partial charge in [-0.25, -0.2) is 10.3 Å². The van der Waals surface area contributed by atoms with Crippen molar-refractivity contribution in [3.05, 3.63) is 36.5 Å². The molecule has 4 amide bonds. The maximum atomic E-state index is 13.6. The Kier molecular flexibility index (Phi) is 8.44. The number of aromatic nitrogens is 1. The number of fused-ring (bicyclic) bond motifs is 1. The van der Waals surface area contributed by atoms with Crippen molar-refractivity contribution < 1.29 is 19.6 Å². The molecule has 0 radical (unpaired) electrons. The molecular formula is C25H35N5O4. The molecule has 1 atom stereocenters. The average Bonchev–Trinajstić information content (AvgIpc) is 3.33. The number of amides is 4. The number of anilines is 1. The second-order valence-corrected chi connectivity index (χ2v) is 10.0. The Hall–Kier alpha value is -3.20. The smallest absolute Gasteiger partial charge is 0.319 e. The van der Waals surface area contributed by atoms with Crippen LogP contribution in [0.1, 0.15) is 52.9 Å². The van der Waals surface area contributed by atoms with Crippen LogP contribution >= 0.6 is 0 Å². The van der Waals surface area contributed by atoms with Gasteiger partial charge in [-0.05, 0) is 29.9 Å². The van der Waals surface area contributed by atoms with Crippen molar-refractivity contribution in [1.29, 1.82) is 0 Å². The lowest BCUT2D eigenvalue weighted by molar-refractivity contribution is -0.142. The summed E-state index contributed by atoms with van der Waals surface area (Å²) in [5.41, 5.74) is 2.17. The molecule has 1 aromatic carbocycles. The quantitative estimate of drug-likeness (QED) is 0.347. The van der Waals surface area contributed by atoms with Gasteiger partial charge in [-0.15, -0.1) is 0 Å². The lowest BCUT2D eigenvalue weighted by atomic mass is 9.85. The van der Waals surface area contributed by atoms with Crippen LogP contribution in [0.3, 0.4) is 0 Å². The molecule has 0 bridgehead atoms. The van der Waals surface area contributed by atoms with Gasteiger partial charge < -0.3 is 15.5 Å². The van der Waals surface area contributed by atoms with Gasteiger partial charge in [0.1, 0.15) is 12.6 Å². The molecule has 0 spiro atoms. The first-order valence-corrected chi connectivity index (χ1v) is 11.8. The number of nitrogens with zero attached hydrogens (tertiary/aromatic N) is 2. The predicted molar refractivity (Wildman–Crippen MR) is 130 cm³/mol. The normalized spacial score (nSPS) is 15.1. The fourth-order valence-corrected chi connectivity index (χ4v) is 4.44. The van der Waals surface area contributed by atoms with Gasteiger partial charge in [0.05, 0.1) is 11.2 Å². The first-order valence-electron chi connectivity index (χ1n) is 11.8. The maximum Gasteiger partial charge on any atom is 0.319 e. The fraction of sp³-hybridized carbons (Fsp3) is 0.520. The van der Waals surface area contributed by atoms with Crippen LogP contribution in [-0.4, -0.2) is 52.1 Å². The molecule has 34 heavy (non-hydrogen) atoms. The summed E-state index contributed by atoms with van der Waals surface area (Å²) in [6.07, 6.45) is 7.06. The number of carbonyl (C=O) groups is 3. The molecule has 0 aliphatic heterocycles. The highest BCUT2D eigenvalue weighted by molar-refractivity contribution is 6.01. The summed E-state index contributed by atoms with van der Waals surface area (Å²) in [5.74, 6) is -0.505. The molecule has 0 unspecified atom stereocenters. The summed E-state index contributed by atoms with van der Waals surface area (Å²) in [5, 5.41) is 15.5. The van der Waals surface area contributed by atoms with E-state index >= 15 is 0 Å². The molecule has 1 aromatic heterocycles. The Balaban J connectivity index is 1.75. The number of para-hydroxylation sites is 1. The van der Waals surface area contributed by atoms with Crippen LogP contribution in [0.5, 0.6) is 0 Å². The van der Waals surface area contributed by atoms with Crippen LogP contribution in [0.25, 0.3) is 10.9 Å². The lowest BCUT2D eigenvalue weighted by Gasteiger charge is -2.35. The Bertz CT molecular complexity index is 1010. The minimum absolute atomic E-state index is 0.273. The monoisotopic (exact) mass is 469 g/mol. The highest BCUT2D eigenvalue weighted by atomic mass is 16.5.